The van der Waals surface area contributed by atoms with Crippen LogP contribution in [-0.2, 0) is 6.54 Å². The van der Waals surface area contributed by atoms with Gasteiger partial charge < -0.3 is 0 Å². The summed E-state index contributed by atoms with van der Waals surface area (Å²) in [7, 11) is 0. The van der Waals surface area contributed by atoms with Crippen LogP contribution < -0.4 is 5.56 Å². The van der Waals surface area contributed by atoms with Gasteiger partial charge in [-0.15, -0.1) is 0 Å². The van der Waals surface area contributed by atoms with Crippen LogP contribution in [0.1, 0.15) is 5.56 Å². The lowest BCUT2D eigenvalue weighted by molar-refractivity contribution is 0.739. The Morgan fingerprint density at radius 3 is 2.83 bits per heavy atom. The van der Waals surface area contributed by atoms with Crippen molar-refractivity contribution in [2.75, 3.05) is 0 Å². The lowest BCUT2D eigenvalue weighted by Gasteiger charge is -2.07. The van der Waals surface area contributed by atoms with E-state index in [9.17, 15) is 4.79 Å². The van der Waals surface area contributed by atoms with Crippen LogP contribution in [-0.4, -0.2) is 14.5 Å². The molecule has 2 heterocycles. The quantitative estimate of drug-likeness (QED) is 0.683. The zero-order valence-electron chi connectivity index (χ0n) is 9.65. The van der Waals surface area contributed by atoms with Gasteiger partial charge in [0.1, 0.15) is 0 Å². The second-order valence-electron chi connectivity index (χ2n) is 4.04. The number of rotatable bonds is 2. The fourth-order valence-corrected chi connectivity index (χ4v) is 1.98. The highest BCUT2D eigenvalue weighted by molar-refractivity contribution is 5.81. The van der Waals surface area contributed by atoms with E-state index < -0.39 is 0 Å². The summed E-state index contributed by atoms with van der Waals surface area (Å²) in [5, 5.41) is 1.08. The van der Waals surface area contributed by atoms with Crippen molar-refractivity contribution in [3.05, 3.63) is 71.0 Å². The normalized spacial score (nSPS) is 10.7. The molecule has 4 heteroatoms. The molecule has 88 valence electrons. The van der Waals surface area contributed by atoms with E-state index in [2.05, 4.69) is 9.97 Å². The monoisotopic (exact) mass is 237 g/mol. The van der Waals surface area contributed by atoms with Crippen molar-refractivity contribution in [2.24, 2.45) is 0 Å². The van der Waals surface area contributed by atoms with Gasteiger partial charge in [0, 0.05) is 23.8 Å². The van der Waals surface area contributed by atoms with Crippen LogP contribution in [0.2, 0.25) is 0 Å². The lowest BCUT2D eigenvalue weighted by Crippen LogP contribution is -2.19. The van der Waals surface area contributed by atoms with Gasteiger partial charge >= 0.3 is 0 Å². The van der Waals surface area contributed by atoms with Crippen LogP contribution in [0.5, 0.6) is 0 Å². The molecule has 0 aliphatic heterocycles. The zero-order valence-corrected chi connectivity index (χ0v) is 9.65. The van der Waals surface area contributed by atoms with Crippen molar-refractivity contribution in [1.82, 2.24) is 14.5 Å². The fourth-order valence-electron chi connectivity index (χ4n) is 1.98. The summed E-state index contributed by atoms with van der Waals surface area (Å²) in [6.07, 6.45) is 4.81. The Morgan fingerprint density at radius 2 is 1.94 bits per heavy atom. The minimum atomic E-state index is -0.0575. The third-order valence-electron chi connectivity index (χ3n) is 2.85. The van der Waals surface area contributed by atoms with Crippen molar-refractivity contribution < 1.29 is 0 Å². The summed E-state index contributed by atoms with van der Waals surface area (Å²) < 4.78 is 1.57. The Kier molecular flexibility index (Phi) is 2.61. The Morgan fingerprint density at radius 1 is 1.06 bits per heavy atom. The summed E-state index contributed by atoms with van der Waals surface area (Å²) >= 11 is 0. The third-order valence-corrected chi connectivity index (χ3v) is 2.85. The molecular formula is C14H11N3O. The Balaban J connectivity index is 2.11. The summed E-state index contributed by atoms with van der Waals surface area (Å²) in [6.45, 7) is 0.487. The lowest BCUT2D eigenvalue weighted by atomic mass is 10.1. The highest BCUT2D eigenvalue weighted by Crippen LogP contribution is 2.16. The van der Waals surface area contributed by atoms with Gasteiger partial charge in [-0.1, -0.05) is 24.3 Å². The molecule has 18 heavy (non-hydrogen) atoms. The van der Waals surface area contributed by atoms with E-state index in [1.165, 1.54) is 12.3 Å². The Bertz CT molecular complexity index is 744. The maximum Gasteiger partial charge on any atom is 0.253 e. The molecule has 0 radical (unpaired) electrons. The van der Waals surface area contributed by atoms with E-state index in [1.807, 2.05) is 30.3 Å². The van der Waals surface area contributed by atoms with E-state index in [0.717, 1.165) is 16.5 Å². The van der Waals surface area contributed by atoms with E-state index in [4.69, 9.17) is 0 Å². The molecule has 0 atom stereocenters. The summed E-state index contributed by atoms with van der Waals surface area (Å²) in [5.74, 6) is 0. The topological polar surface area (TPSA) is 47.8 Å². The fraction of sp³-hybridized carbons (Fsp3) is 0.0714. The highest BCUT2D eigenvalue weighted by Gasteiger charge is 2.03. The number of aromatic nitrogens is 3. The standard InChI is InChI=1S/C14H11N3O/c18-13-6-8-15-10-17(13)9-12-4-1-3-11-5-2-7-16-14(11)12/h1-8,10H,9H2. The van der Waals surface area contributed by atoms with Gasteiger partial charge in [-0.3, -0.25) is 14.3 Å². The van der Waals surface area contributed by atoms with Crippen LogP contribution in [0, 0.1) is 0 Å². The van der Waals surface area contributed by atoms with Gasteiger partial charge in [0.2, 0.25) is 0 Å². The van der Waals surface area contributed by atoms with Gasteiger partial charge in [0.25, 0.3) is 5.56 Å². The van der Waals surface area contributed by atoms with Gasteiger partial charge in [-0.05, 0) is 11.6 Å². The first-order chi connectivity index (χ1) is 8.84. The predicted octanol–water partition coefficient (Wildman–Crippen LogP) is 1.84. The van der Waals surface area contributed by atoms with Gasteiger partial charge in [-0.25, -0.2) is 4.98 Å². The minimum Gasteiger partial charge on any atom is -0.295 e. The average Bonchev–Trinajstić information content (AvgIpc) is 2.42. The first-order valence-electron chi connectivity index (χ1n) is 5.68. The molecule has 0 spiro atoms. The first kappa shape index (κ1) is 10.7. The van der Waals surface area contributed by atoms with Crippen LogP contribution in [0.3, 0.4) is 0 Å². The largest absolute Gasteiger partial charge is 0.295 e. The molecule has 0 bridgehead atoms. The second-order valence-corrected chi connectivity index (χ2v) is 4.04. The number of fused-ring (bicyclic) bond motifs is 1. The van der Waals surface area contributed by atoms with E-state index >= 15 is 0 Å². The number of pyridine rings is 1. The van der Waals surface area contributed by atoms with Gasteiger partial charge in [0.05, 0.1) is 18.4 Å². The third kappa shape index (κ3) is 1.88. The van der Waals surface area contributed by atoms with Crippen LogP contribution in [0.4, 0.5) is 0 Å². The number of benzene rings is 1. The maximum atomic E-state index is 11.7. The smallest absolute Gasteiger partial charge is 0.253 e. The first-order valence-corrected chi connectivity index (χ1v) is 5.68. The molecule has 2 aromatic heterocycles. The van der Waals surface area contributed by atoms with Gasteiger partial charge in [-0.2, -0.15) is 0 Å². The molecule has 0 N–H and O–H groups in total. The molecule has 3 rings (SSSR count). The van der Waals surface area contributed by atoms with E-state index in [0.29, 0.717) is 6.54 Å². The molecular weight excluding hydrogens is 226 g/mol. The Labute approximate surface area is 104 Å². The molecule has 0 amide bonds. The van der Waals surface area contributed by atoms with Crippen LogP contribution >= 0.6 is 0 Å². The van der Waals surface area contributed by atoms with Crippen molar-refractivity contribution in [2.45, 2.75) is 6.54 Å². The molecule has 1 aromatic carbocycles. The second kappa shape index (κ2) is 4.41. The number of hydrogen-bond donors (Lipinski definition) is 0. The van der Waals surface area contributed by atoms with Crippen LogP contribution in [0.15, 0.2) is 59.9 Å². The molecule has 0 aliphatic rings. The van der Waals surface area contributed by atoms with Crippen LogP contribution in [0.25, 0.3) is 10.9 Å². The number of para-hydroxylation sites is 1. The molecule has 0 saturated carbocycles. The molecule has 0 aliphatic carbocycles. The average molecular weight is 237 g/mol. The summed E-state index contributed by atoms with van der Waals surface area (Å²) in [6, 6.07) is 11.3. The van der Waals surface area contributed by atoms with Crippen molar-refractivity contribution in [1.29, 1.82) is 0 Å². The predicted molar refractivity (Wildman–Crippen MR) is 69.3 cm³/mol. The van der Waals surface area contributed by atoms with Crippen molar-refractivity contribution in [3.8, 4) is 0 Å². The number of hydrogen-bond acceptors (Lipinski definition) is 3. The molecule has 0 fully saturated rings. The van der Waals surface area contributed by atoms with Gasteiger partial charge in [0.15, 0.2) is 0 Å². The summed E-state index contributed by atoms with van der Waals surface area (Å²) in [4.78, 5) is 20.0. The van der Waals surface area contributed by atoms with Crippen molar-refractivity contribution in [3.63, 3.8) is 0 Å². The van der Waals surface area contributed by atoms with Crippen molar-refractivity contribution >= 4 is 10.9 Å². The van der Waals surface area contributed by atoms with E-state index in [1.54, 1.807) is 17.1 Å². The number of nitrogens with zero attached hydrogens (tertiary/aromatic N) is 3. The highest BCUT2D eigenvalue weighted by atomic mass is 16.1. The molecule has 3 aromatic rings. The summed E-state index contributed by atoms with van der Waals surface area (Å²) in [5.41, 5.74) is 1.89. The zero-order chi connectivity index (χ0) is 12.4. The maximum absolute atomic E-state index is 11.7. The Hall–Kier alpha value is -2.49. The molecule has 0 unspecified atom stereocenters. The van der Waals surface area contributed by atoms with E-state index in [-0.39, 0.29) is 5.56 Å². The molecule has 0 saturated heterocycles. The minimum absolute atomic E-state index is 0.0575. The molecule has 4 nitrogen and oxygen atoms in total. The SMILES string of the molecule is O=c1ccncn1Cc1cccc2cccnc12.